The number of pyridine rings is 1. The van der Waals surface area contributed by atoms with Gasteiger partial charge in [-0.05, 0) is 52.0 Å². The van der Waals surface area contributed by atoms with E-state index in [0.29, 0.717) is 35.4 Å². The number of rotatable bonds is 3. The van der Waals surface area contributed by atoms with Gasteiger partial charge in [0.25, 0.3) is 5.92 Å². The van der Waals surface area contributed by atoms with Crippen LogP contribution < -0.4 is 10.9 Å². The van der Waals surface area contributed by atoms with Crippen LogP contribution in [0.2, 0.25) is 0 Å². The third-order valence-electron chi connectivity index (χ3n) is 5.85. The van der Waals surface area contributed by atoms with Crippen molar-refractivity contribution in [2.45, 2.75) is 37.0 Å². The first-order valence-corrected chi connectivity index (χ1v) is 9.33. The Morgan fingerprint density at radius 2 is 1.79 bits per heavy atom. The number of nitrogens with one attached hydrogen (secondary N) is 1. The second-order valence-corrected chi connectivity index (χ2v) is 7.84. The van der Waals surface area contributed by atoms with Crippen molar-refractivity contribution < 1.29 is 13.6 Å². The number of benzene rings is 2. The molecular weight excluding hydrogens is 357 g/mol. The number of alkyl halides is 2. The molecule has 0 aliphatic heterocycles. The largest absolute Gasteiger partial charge is 0.310 e. The number of halogens is 2. The van der Waals surface area contributed by atoms with Crippen LogP contribution in [0.1, 0.15) is 29.5 Å². The molecule has 1 N–H and O–H groups in total. The van der Waals surface area contributed by atoms with E-state index in [0.717, 1.165) is 16.3 Å². The predicted octanol–water partition coefficient (Wildman–Crippen LogP) is 3.43. The first-order chi connectivity index (χ1) is 13.4. The van der Waals surface area contributed by atoms with Gasteiger partial charge in [-0.15, -0.1) is 0 Å². The van der Waals surface area contributed by atoms with Crippen molar-refractivity contribution in [1.29, 1.82) is 0 Å². The van der Waals surface area contributed by atoms with E-state index in [1.165, 1.54) is 0 Å². The van der Waals surface area contributed by atoms with Gasteiger partial charge in [0, 0.05) is 12.8 Å². The molecule has 28 heavy (non-hydrogen) atoms. The highest BCUT2D eigenvalue weighted by Crippen LogP contribution is 2.50. The number of fused-ring (bicyclic) bond motifs is 2. The summed E-state index contributed by atoms with van der Waals surface area (Å²) in [5, 5.41) is 4.61. The number of anilines is 1. The molecule has 2 aliphatic rings. The zero-order valence-electron chi connectivity index (χ0n) is 15.1. The van der Waals surface area contributed by atoms with Crippen LogP contribution in [-0.4, -0.2) is 24.7 Å². The lowest BCUT2D eigenvalue weighted by molar-refractivity contribution is -0.118. The second kappa shape index (κ2) is 5.87. The molecule has 0 atom stereocenters. The Hall–Kier alpha value is -2.76. The number of carbonyl (C=O) groups is 1. The lowest BCUT2D eigenvalue weighted by Gasteiger charge is -2.17. The molecule has 3 nitrogen and oxygen atoms in total. The third kappa shape index (κ3) is 2.79. The number of carbonyl (C=O) groups excluding carboxylic acids is 1. The molecule has 2 aliphatic carbocycles. The minimum Gasteiger partial charge on any atom is -0.310 e. The van der Waals surface area contributed by atoms with Gasteiger partial charge in [-0.25, -0.2) is 13.8 Å². The van der Waals surface area contributed by atoms with Crippen molar-refractivity contribution in [3.8, 4) is 0 Å². The maximum absolute atomic E-state index is 13.7. The molecule has 0 unspecified atom stereocenters. The van der Waals surface area contributed by atoms with E-state index < -0.39 is 11.3 Å². The fraction of sp³-hybridized carbons (Fsp3) is 0.273. The van der Waals surface area contributed by atoms with E-state index in [2.05, 4.69) is 10.3 Å². The van der Waals surface area contributed by atoms with Gasteiger partial charge in [0.1, 0.15) is 13.7 Å². The molecule has 1 aromatic heterocycles. The normalized spacial score (nSPS) is 18.6. The molecule has 2 aromatic carbocycles. The van der Waals surface area contributed by atoms with Crippen LogP contribution in [-0.2, 0) is 23.1 Å². The average Bonchev–Trinajstić information content (AvgIpc) is 3.39. The summed E-state index contributed by atoms with van der Waals surface area (Å²) in [5.41, 5.74) is 1.81. The van der Waals surface area contributed by atoms with Crippen LogP contribution in [0.4, 0.5) is 14.6 Å². The summed E-state index contributed by atoms with van der Waals surface area (Å²) in [6.07, 6.45) is 0.910. The lowest BCUT2D eigenvalue weighted by atomic mass is 9.92. The van der Waals surface area contributed by atoms with Crippen LogP contribution in [0.25, 0.3) is 10.8 Å². The number of hydrogen-bond acceptors (Lipinski definition) is 2. The van der Waals surface area contributed by atoms with Gasteiger partial charge in [-0.3, -0.25) is 4.79 Å². The fourth-order valence-electron chi connectivity index (χ4n) is 4.18. The summed E-state index contributed by atoms with van der Waals surface area (Å²) in [6, 6.07) is 14.7. The molecule has 0 bridgehead atoms. The highest BCUT2D eigenvalue weighted by molar-refractivity contribution is 6.37. The lowest BCUT2D eigenvalue weighted by Crippen LogP contribution is -2.29. The monoisotopic (exact) mass is 374 g/mol. The van der Waals surface area contributed by atoms with Crippen molar-refractivity contribution in [2.75, 3.05) is 5.32 Å². The standard InChI is InChI=1S/C22H17BF2N2O/c23-19-17-4-2-1-3-13(17)10-18(26-19)27-20(28)21(7-8-21)16-6-5-14-11-22(24,25)12-15(14)9-16/h1-6,9-10H,7-8,11-12H2,(H,26,27,28). The summed E-state index contributed by atoms with van der Waals surface area (Å²) in [6.45, 7) is 0. The van der Waals surface area contributed by atoms with Gasteiger partial charge < -0.3 is 5.32 Å². The average molecular weight is 374 g/mol. The van der Waals surface area contributed by atoms with Gasteiger partial charge in [-0.2, -0.15) is 0 Å². The molecule has 6 heteroatoms. The van der Waals surface area contributed by atoms with Gasteiger partial charge in [0.05, 0.1) is 5.41 Å². The van der Waals surface area contributed by atoms with Crippen LogP contribution in [0.5, 0.6) is 0 Å². The molecule has 2 radical (unpaired) electrons. The van der Waals surface area contributed by atoms with E-state index in [-0.39, 0.29) is 18.7 Å². The molecule has 1 amide bonds. The highest BCUT2D eigenvalue weighted by atomic mass is 19.3. The van der Waals surface area contributed by atoms with Crippen LogP contribution in [0.3, 0.4) is 0 Å². The maximum atomic E-state index is 13.7. The Kier molecular flexibility index (Phi) is 3.64. The Morgan fingerprint density at radius 1 is 1.04 bits per heavy atom. The summed E-state index contributed by atoms with van der Waals surface area (Å²) >= 11 is 0. The third-order valence-corrected chi connectivity index (χ3v) is 5.85. The summed E-state index contributed by atoms with van der Waals surface area (Å²) in [5.74, 6) is -2.45. The second-order valence-electron chi connectivity index (χ2n) is 7.84. The number of hydrogen-bond donors (Lipinski definition) is 1. The van der Waals surface area contributed by atoms with Crippen molar-refractivity contribution in [1.82, 2.24) is 4.98 Å². The zero-order chi connectivity index (χ0) is 19.5. The topological polar surface area (TPSA) is 42.0 Å². The smallest absolute Gasteiger partial charge is 0.256 e. The van der Waals surface area contributed by atoms with Gasteiger partial charge in [-0.1, -0.05) is 42.5 Å². The summed E-state index contributed by atoms with van der Waals surface area (Å²) in [4.78, 5) is 17.3. The Labute approximate surface area is 162 Å². The molecule has 138 valence electrons. The molecule has 3 aromatic rings. The van der Waals surface area contributed by atoms with Crippen molar-refractivity contribution in [3.63, 3.8) is 0 Å². The number of aromatic nitrogens is 1. The van der Waals surface area contributed by atoms with Gasteiger partial charge in [0.2, 0.25) is 5.91 Å². The minimum absolute atomic E-state index is 0.167. The van der Waals surface area contributed by atoms with E-state index in [4.69, 9.17) is 7.85 Å². The highest BCUT2D eigenvalue weighted by Gasteiger charge is 2.52. The van der Waals surface area contributed by atoms with Crippen molar-refractivity contribution >= 4 is 35.9 Å². The SMILES string of the molecule is [B]c1nc(NC(=O)C2(c3ccc4c(c3)CC(F)(F)C4)CC2)cc2ccccc12. The van der Waals surface area contributed by atoms with E-state index in [9.17, 15) is 13.6 Å². The quantitative estimate of drug-likeness (QED) is 0.714. The first kappa shape index (κ1) is 17.4. The van der Waals surface area contributed by atoms with E-state index in [1.54, 1.807) is 18.2 Å². The summed E-state index contributed by atoms with van der Waals surface area (Å²) < 4.78 is 27.4. The number of amides is 1. The first-order valence-electron chi connectivity index (χ1n) is 9.33. The van der Waals surface area contributed by atoms with E-state index >= 15 is 0 Å². The Morgan fingerprint density at radius 3 is 2.57 bits per heavy atom. The van der Waals surface area contributed by atoms with Gasteiger partial charge in [0.15, 0.2) is 0 Å². The number of nitrogens with zero attached hydrogens (tertiary/aromatic N) is 1. The minimum atomic E-state index is -2.69. The van der Waals surface area contributed by atoms with E-state index in [1.807, 2.05) is 30.3 Å². The van der Waals surface area contributed by atoms with Crippen LogP contribution in [0, 0.1) is 0 Å². The molecular formula is C22H17BF2N2O. The molecule has 1 heterocycles. The molecule has 5 rings (SSSR count). The molecule has 1 fully saturated rings. The molecule has 0 spiro atoms. The Balaban J connectivity index is 1.43. The molecule has 1 saturated carbocycles. The maximum Gasteiger partial charge on any atom is 0.256 e. The zero-order valence-corrected chi connectivity index (χ0v) is 15.1. The predicted molar refractivity (Wildman–Crippen MR) is 105 cm³/mol. The van der Waals surface area contributed by atoms with Gasteiger partial charge >= 0.3 is 0 Å². The fourth-order valence-corrected chi connectivity index (χ4v) is 4.18. The summed E-state index contributed by atoms with van der Waals surface area (Å²) in [7, 11) is 6.02. The Bertz CT molecular complexity index is 1120. The van der Waals surface area contributed by atoms with Crippen molar-refractivity contribution in [3.05, 3.63) is 65.2 Å². The van der Waals surface area contributed by atoms with Crippen LogP contribution >= 0.6 is 0 Å². The van der Waals surface area contributed by atoms with Crippen molar-refractivity contribution in [2.24, 2.45) is 0 Å². The van der Waals surface area contributed by atoms with Crippen LogP contribution in [0.15, 0.2) is 48.5 Å². The molecule has 0 saturated heterocycles.